The summed E-state index contributed by atoms with van der Waals surface area (Å²) in [6, 6.07) is 0. The Balaban J connectivity index is -0.0000000364. The smallest absolute Gasteiger partial charge is 0.854 e. The Bertz CT molecular complexity index is 103. The van der Waals surface area contributed by atoms with Crippen LogP contribution in [0.3, 0.4) is 0 Å². The Kier molecular flexibility index (Phi) is 123. The van der Waals surface area contributed by atoms with Crippen LogP contribution in [0.5, 0.6) is 0 Å². The zero-order valence-corrected chi connectivity index (χ0v) is 22.7. The second kappa shape index (κ2) is 70.9. The van der Waals surface area contributed by atoms with Crippen molar-refractivity contribution in [3.8, 4) is 0 Å². The molecule has 160 valence electrons. The van der Waals surface area contributed by atoms with E-state index < -0.39 is 0 Å². The van der Waals surface area contributed by atoms with Crippen molar-refractivity contribution in [1.82, 2.24) is 0 Å². The zero-order chi connectivity index (χ0) is 20.6. The third kappa shape index (κ3) is 135. The fraction of sp³-hybridized carbons (Fsp3) is 1.00. The minimum Gasteiger partial charge on any atom is -0.854 e. The largest absolute Gasteiger partial charge is 4.00 e. The molecule has 0 aliphatic heterocycles. The van der Waals surface area contributed by atoms with E-state index in [1.165, 1.54) is 0 Å². The first kappa shape index (κ1) is 46.6. The van der Waals surface area contributed by atoms with Gasteiger partial charge < -0.3 is 25.5 Å². The van der Waals surface area contributed by atoms with Gasteiger partial charge in [0.25, 0.3) is 0 Å². The fourth-order valence-corrected chi connectivity index (χ4v) is 0.722. The molecule has 0 fully saturated rings. The molecule has 0 atom stereocenters. The van der Waals surface area contributed by atoms with E-state index in [1.54, 1.807) is 0 Å². The summed E-state index contributed by atoms with van der Waals surface area (Å²) in [6.45, 7) is 10.5. The van der Waals surface area contributed by atoms with Gasteiger partial charge in [-0.1, -0.05) is 98.8 Å². The van der Waals surface area contributed by atoms with Crippen LogP contribution in [-0.2, 0) is 21.7 Å². The number of hydrogen-bond acceptors (Lipinski definition) is 5. The van der Waals surface area contributed by atoms with Gasteiger partial charge in [0.2, 0.25) is 0 Å². The van der Waals surface area contributed by atoms with E-state index in [1.807, 2.05) is 34.6 Å². The summed E-state index contributed by atoms with van der Waals surface area (Å²) < 4.78 is 0. The Hall–Kier alpha value is 1.51. The molecule has 0 rings (SSSR count). The number of rotatable bonds is 10. The molecule has 0 spiro atoms. The molecule has 0 aromatic carbocycles. The first-order chi connectivity index (χ1) is 12.1. The fourth-order valence-electron chi connectivity index (χ4n) is 0.722. The van der Waals surface area contributed by atoms with Crippen molar-refractivity contribution in [1.29, 1.82) is 0 Å². The van der Waals surface area contributed by atoms with Crippen molar-refractivity contribution in [3.63, 3.8) is 0 Å². The average molecular weight is 436 g/mol. The van der Waals surface area contributed by atoms with E-state index in [0.29, 0.717) is 0 Å². The van der Waals surface area contributed by atoms with E-state index in [-0.39, 0.29) is 84.3 Å². The standard InChI is InChI=1S/5C4H9O.Na.Ti/c5*1-2-3-4-5;;/h5*2-4H2,1H3;;/q5*-1;+1;+4. The van der Waals surface area contributed by atoms with Gasteiger partial charge in [0, 0.05) is 0 Å². The van der Waals surface area contributed by atoms with Crippen LogP contribution >= 0.6 is 0 Å². The third-order valence-corrected chi connectivity index (χ3v) is 2.49. The minimum atomic E-state index is 0. The van der Waals surface area contributed by atoms with Crippen molar-refractivity contribution >= 4 is 0 Å². The number of hydrogen-bond donors (Lipinski definition) is 0. The normalized spacial score (nSPS) is 7.78. The second-order valence-corrected chi connectivity index (χ2v) is 5.29. The maximum absolute atomic E-state index is 9.53. The van der Waals surface area contributed by atoms with E-state index in [9.17, 15) is 25.5 Å². The third-order valence-electron chi connectivity index (χ3n) is 2.49. The topological polar surface area (TPSA) is 115 Å². The molecule has 0 aliphatic carbocycles. The summed E-state index contributed by atoms with van der Waals surface area (Å²) in [7, 11) is 0. The van der Waals surface area contributed by atoms with Crippen LogP contribution in [-0.4, -0.2) is 33.0 Å². The van der Waals surface area contributed by atoms with Gasteiger partial charge in [-0.25, -0.2) is 0 Å². The predicted molar refractivity (Wildman–Crippen MR) is 98.9 cm³/mol. The molecule has 7 heteroatoms. The molecule has 0 N–H and O–H groups in total. The first-order valence-electron chi connectivity index (χ1n) is 9.98. The van der Waals surface area contributed by atoms with E-state index in [4.69, 9.17) is 0 Å². The number of unbranched alkanes of at least 4 members (excludes halogenated alkanes) is 5. The van der Waals surface area contributed by atoms with Crippen LogP contribution in [0, 0.1) is 0 Å². The van der Waals surface area contributed by atoms with E-state index in [2.05, 4.69) is 0 Å². The molecule has 5 nitrogen and oxygen atoms in total. The summed E-state index contributed by atoms with van der Waals surface area (Å²) in [5.74, 6) is 0. The summed E-state index contributed by atoms with van der Waals surface area (Å²) in [5.41, 5.74) is 0. The maximum Gasteiger partial charge on any atom is 4.00 e. The summed E-state index contributed by atoms with van der Waals surface area (Å²) in [6.07, 6.45) is 9.32. The van der Waals surface area contributed by atoms with Gasteiger partial charge in [0.15, 0.2) is 0 Å². The molecule has 0 aromatic rings. The molecular formula is C20H45NaO5Ti. The van der Waals surface area contributed by atoms with Crippen LogP contribution in [0.15, 0.2) is 0 Å². The monoisotopic (exact) mass is 436 g/mol. The van der Waals surface area contributed by atoms with Gasteiger partial charge in [0.1, 0.15) is 0 Å². The van der Waals surface area contributed by atoms with Gasteiger partial charge in [-0.3, -0.25) is 0 Å². The summed E-state index contributed by atoms with van der Waals surface area (Å²) >= 11 is 0. The van der Waals surface area contributed by atoms with Crippen LogP contribution in [0.4, 0.5) is 0 Å². The maximum atomic E-state index is 9.53. The summed E-state index contributed by atoms with van der Waals surface area (Å²) in [4.78, 5) is 0. The second-order valence-electron chi connectivity index (χ2n) is 5.29. The summed E-state index contributed by atoms with van der Waals surface area (Å²) in [5, 5.41) is 47.6. The van der Waals surface area contributed by atoms with Crippen molar-refractivity contribution < 1.29 is 76.8 Å². The van der Waals surface area contributed by atoms with Gasteiger partial charge >= 0.3 is 51.3 Å². The molecule has 0 unspecified atom stereocenters. The molecular weight excluding hydrogens is 391 g/mol. The predicted octanol–water partition coefficient (Wildman–Crippen LogP) is -2.26. The molecule has 0 amide bonds. The Labute approximate surface area is 207 Å². The van der Waals surface area contributed by atoms with Gasteiger partial charge in [0.05, 0.1) is 0 Å². The van der Waals surface area contributed by atoms with E-state index in [0.717, 1.165) is 64.2 Å². The van der Waals surface area contributed by atoms with Gasteiger partial charge in [-0.2, -0.15) is 0 Å². The van der Waals surface area contributed by atoms with Crippen molar-refractivity contribution in [3.05, 3.63) is 0 Å². The Morgan fingerprint density at radius 1 is 0.370 bits per heavy atom. The molecule has 0 aliphatic rings. The molecule has 0 heterocycles. The van der Waals surface area contributed by atoms with Crippen molar-refractivity contribution in [2.24, 2.45) is 0 Å². The average Bonchev–Trinajstić information content (AvgIpc) is 2.61. The van der Waals surface area contributed by atoms with Crippen molar-refractivity contribution in [2.75, 3.05) is 33.0 Å². The van der Waals surface area contributed by atoms with Crippen LogP contribution < -0.4 is 55.1 Å². The molecule has 0 saturated carbocycles. The molecule has 0 radical (unpaired) electrons. The van der Waals surface area contributed by atoms with Crippen LogP contribution in [0.2, 0.25) is 0 Å². The SMILES string of the molecule is CCCC[O-].CCCC[O-].CCCC[O-].CCCC[O-].CCCC[O-].[Na+].[Ti+4]. The van der Waals surface area contributed by atoms with Crippen LogP contribution in [0.25, 0.3) is 0 Å². The van der Waals surface area contributed by atoms with Gasteiger partial charge in [-0.15, -0.1) is 33.0 Å². The Morgan fingerprint density at radius 2 is 0.481 bits per heavy atom. The van der Waals surface area contributed by atoms with Crippen LogP contribution in [0.1, 0.15) is 98.8 Å². The minimum absolute atomic E-state index is 0. The molecule has 0 aromatic heterocycles. The quantitative estimate of drug-likeness (QED) is 0.359. The Morgan fingerprint density at radius 3 is 0.481 bits per heavy atom. The molecule has 0 saturated heterocycles. The zero-order valence-electron chi connectivity index (χ0n) is 19.1. The molecule has 0 bridgehead atoms. The van der Waals surface area contributed by atoms with Gasteiger partial charge in [-0.05, 0) is 0 Å². The first-order valence-corrected chi connectivity index (χ1v) is 9.98. The van der Waals surface area contributed by atoms with Crippen molar-refractivity contribution in [2.45, 2.75) is 98.8 Å². The van der Waals surface area contributed by atoms with E-state index >= 15 is 0 Å². The molecule has 27 heavy (non-hydrogen) atoms.